The molecular weight excluding hydrogens is 1080 g/mol. The van der Waals surface area contributed by atoms with E-state index in [0.717, 1.165) is 12.8 Å². The first-order valence-corrected chi connectivity index (χ1v) is 13.1. The van der Waals surface area contributed by atoms with Gasteiger partial charge < -0.3 is 21.8 Å². The van der Waals surface area contributed by atoms with Crippen LogP contribution in [0.4, 0.5) is 0 Å². The Kier molecular flexibility index (Phi) is 85.7. The largest absolute Gasteiger partial charge is 3.00 e. The molecule has 4 rings (SSSR count). The van der Waals surface area contributed by atoms with Crippen molar-refractivity contribution >= 4 is 6.08 Å². The van der Waals surface area contributed by atoms with E-state index in [1.165, 1.54) is 30.4 Å². The molecule has 2 aromatic carbocycles. The maximum absolute atomic E-state index is 3.76. The zero-order chi connectivity index (χ0) is 26.4. The molecule has 0 aliphatic heterocycles. The van der Waals surface area contributed by atoms with E-state index < -0.39 is 0 Å². The van der Waals surface area contributed by atoms with Gasteiger partial charge in [0.25, 0.3) is 0 Å². The normalized spacial score (nSPS) is 10.1. The Hall–Kier alpha value is 5.91. The topological polar surface area (TPSA) is 0 Å². The Morgan fingerprint density at radius 3 is 1.09 bits per heavy atom. The first kappa shape index (κ1) is 83.8. The van der Waals surface area contributed by atoms with E-state index in [2.05, 4.69) is 144 Å². The minimum absolute atomic E-state index is 0. The first-order valence-electron chi connectivity index (χ1n) is 13.1. The molecule has 2 aliphatic rings. The molecule has 0 fully saturated rings. The summed E-state index contributed by atoms with van der Waals surface area (Å²) in [4.78, 5) is 0. The van der Waals surface area contributed by atoms with Gasteiger partial charge in [-0.3, -0.25) is 0 Å². The Balaban J connectivity index is -0.0000000292. The predicted octanol–water partition coefficient (Wildman–Crippen LogP) is 12.9. The van der Waals surface area contributed by atoms with E-state index in [-0.39, 0.29) is 259 Å². The Morgan fingerprint density at radius 1 is 0.556 bits per heavy atom. The summed E-state index contributed by atoms with van der Waals surface area (Å²) in [6.07, 6.45) is 10.5. The molecule has 0 atom stereocenters. The van der Waals surface area contributed by atoms with E-state index in [1.54, 1.807) is 11.1 Å². The van der Waals surface area contributed by atoms with Crippen LogP contribution in [-0.2, 0) is 248 Å². The molecule has 45 heavy (non-hydrogen) atoms. The fourth-order valence-electron chi connectivity index (χ4n) is 2.71. The van der Waals surface area contributed by atoms with E-state index in [0.29, 0.717) is 16.2 Å². The van der Waals surface area contributed by atoms with Gasteiger partial charge in [0.2, 0.25) is 0 Å². The molecule has 242 valence electrons. The third kappa shape index (κ3) is 62.2. The zero-order valence-corrected chi connectivity index (χ0v) is 50.4. The van der Waals surface area contributed by atoms with Gasteiger partial charge in [0.1, 0.15) is 0 Å². The Morgan fingerprint density at radius 2 is 0.822 bits per heavy atom. The molecule has 0 N–H and O–H groups in total. The number of hydrogen-bond acceptors (Lipinski definition) is 0. The van der Waals surface area contributed by atoms with Gasteiger partial charge in [-0.1, -0.05) is 157 Å². The Labute approximate surface area is 463 Å². The van der Waals surface area contributed by atoms with Gasteiger partial charge in [-0.2, -0.15) is 6.42 Å². The summed E-state index contributed by atoms with van der Waals surface area (Å²) in [5.41, 5.74) is 7.41. The number of allylic oxidation sites excluding steroid dienone is 1. The summed E-state index contributed by atoms with van der Waals surface area (Å²) < 4.78 is 0. The molecule has 0 spiro atoms. The van der Waals surface area contributed by atoms with Crippen LogP contribution in [0.3, 0.4) is 0 Å². The molecule has 0 saturated carbocycles. The van der Waals surface area contributed by atoms with Crippen LogP contribution in [0.1, 0.15) is 126 Å². The van der Waals surface area contributed by atoms with Gasteiger partial charge in [0.05, 0.1) is 0 Å². The Bertz CT molecular complexity index is 789. The summed E-state index contributed by atoms with van der Waals surface area (Å²) >= 11 is 0. The van der Waals surface area contributed by atoms with Gasteiger partial charge in [-0.15, -0.1) is 0 Å². The van der Waals surface area contributed by atoms with Crippen molar-refractivity contribution < 1.29 is 229 Å². The molecule has 0 saturated heterocycles. The fourth-order valence-corrected chi connectivity index (χ4v) is 2.71. The second-order valence-corrected chi connectivity index (χ2v) is 13.7. The number of hydrogen-bond donors (Lipinski definition) is 0. The maximum Gasteiger partial charge on any atom is 3.00 e. The first-order chi connectivity index (χ1) is 15.5. The van der Waals surface area contributed by atoms with Crippen LogP contribution in [0.25, 0.3) is 6.08 Å². The van der Waals surface area contributed by atoms with Crippen LogP contribution in [0.5, 0.6) is 0 Å². The van der Waals surface area contributed by atoms with Gasteiger partial charge >= 0.3 is 32.7 Å². The minimum Gasteiger partial charge on any atom is -0.358 e. The standard InChI is InChI=1S/C9H10.C9H8.C6H13.2C5H12.2CH4.2CH3.7Y/c2*1-2-5-9-7-3-6-8(9)4-1;1-5-6(2,3)4;2*1-5(2,3)4;;;;;;;;;;;/h1-2,4-5H,3,6-7H2;1-6H,7H2;1,5H2,2-4H3;2*1-4H3;2*1H4;2*1H3;;;;;;;/q;;-1;;;;;2*-1;;;;;;;+3. The van der Waals surface area contributed by atoms with Crippen molar-refractivity contribution in [3.63, 3.8) is 0 Å². The molecule has 0 amide bonds. The smallest absolute Gasteiger partial charge is 0.358 e. The second kappa shape index (κ2) is 46.1. The molecule has 0 unspecified atom stereocenters. The molecule has 0 heterocycles. The second-order valence-electron chi connectivity index (χ2n) is 13.7. The van der Waals surface area contributed by atoms with Gasteiger partial charge in [-0.25, -0.2) is 0 Å². The van der Waals surface area contributed by atoms with Crippen molar-refractivity contribution in [3.8, 4) is 0 Å². The van der Waals surface area contributed by atoms with Gasteiger partial charge in [0, 0.05) is 196 Å². The summed E-state index contributed by atoms with van der Waals surface area (Å²) in [7, 11) is 0. The van der Waals surface area contributed by atoms with Crippen LogP contribution in [0.15, 0.2) is 54.6 Å². The van der Waals surface area contributed by atoms with Crippen LogP contribution >= 0.6 is 0 Å². The van der Waals surface area contributed by atoms with E-state index in [4.69, 9.17) is 0 Å². The molecular formula is C38H69Y7. The zero-order valence-electron chi connectivity index (χ0n) is 30.6. The molecule has 2 aromatic rings. The monoisotopic (exact) mass is 1150 g/mol. The summed E-state index contributed by atoms with van der Waals surface area (Å²) in [6.45, 7) is 27.8. The van der Waals surface area contributed by atoms with Crippen molar-refractivity contribution in [2.75, 3.05) is 0 Å². The van der Waals surface area contributed by atoms with E-state index in [1.807, 2.05) is 0 Å². The van der Waals surface area contributed by atoms with Gasteiger partial charge in [0.15, 0.2) is 0 Å². The third-order valence-corrected chi connectivity index (χ3v) is 4.45. The average molecular weight is 1150 g/mol. The molecule has 2 aliphatic carbocycles. The van der Waals surface area contributed by atoms with Crippen molar-refractivity contribution in [1.29, 1.82) is 0 Å². The van der Waals surface area contributed by atoms with Crippen molar-refractivity contribution in [2.45, 2.75) is 123 Å². The molecule has 0 bridgehead atoms. The van der Waals surface area contributed by atoms with E-state index in [9.17, 15) is 0 Å². The number of fused-ring (bicyclic) bond motifs is 2. The SMILES string of the molecule is C.C.C1=Cc2ccccc2C1.CC(C)(C)C.CC(C)(C)C.[CH2-]CC(C)(C)C.[CH3-].[CH3-].[Y+3].[Y].[Y].[Y].[Y].[Y].[Y].c1ccc2c(c1)CCC2. The maximum atomic E-state index is 3.76. The van der Waals surface area contributed by atoms with Gasteiger partial charge in [-0.05, 0) is 58.8 Å². The minimum atomic E-state index is 0. The van der Waals surface area contributed by atoms with E-state index >= 15 is 0 Å². The quantitative estimate of drug-likeness (QED) is 0.231. The third-order valence-electron chi connectivity index (χ3n) is 4.45. The molecule has 7 heteroatoms. The molecule has 0 nitrogen and oxygen atoms in total. The van der Waals surface area contributed by atoms with Crippen LogP contribution in [0, 0.1) is 38.0 Å². The number of rotatable bonds is 0. The van der Waals surface area contributed by atoms with Crippen LogP contribution < -0.4 is 0 Å². The molecule has 6 radical (unpaired) electrons. The summed E-state index contributed by atoms with van der Waals surface area (Å²) in [6, 6.07) is 17.2. The van der Waals surface area contributed by atoms with Crippen molar-refractivity contribution in [1.82, 2.24) is 0 Å². The van der Waals surface area contributed by atoms with Crippen molar-refractivity contribution in [2.24, 2.45) is 16.2 Å². The average Bonchev–Trinajstić information content (AvgIpc) is 3.35. The summed E-state index contributed by atoms with van der Waals surface area (Å²) in [5, 5.41) is 0. The van der Waals surface area contributed by atoms with Crippen LogP contribution in [-0.4, -0.2) is 0 Å². The van der Waals surface area contributed by atoms with Crippen LogP contribution in [0.2, 0.25) is 0 Å². The fraction of sp³-hybridized carbons (Fsp3) is 0.553. The number of aryl methyl sites for hydroxylation is 2. The summed E-state index contributed by atoms with van der Waals surface area (Å²) in [5.74, 6) is 0. The molecule has 0 aromatic heterocycles. The predicted molar refractivity (Wildman–Crippen MR) is 184 cm³/mol. The number of benzene rings is 2. The van der Waals surface area contributed by atoms with Crippen molar-refractivity contribution in [3.05, 3.63) is 98.6 Å².